The van der Waals surface area contributed by atoms with Gasteiger partial charge < -0.3 is 10.1 Å². The second-order valence-corrected chi connectivity index (χ2v) is 5.50. The first-order valence-corrected chi connectivity index (χ1v) is 6.92. The van der Waals surface area contributed by atoms with Crippen LogP contribution in [0.5, 0.6) is 5.75 Å². The molecule has 0 spiro atoms. The first kappa shape index (κ1) is 15.0. The van der Waals surface area contributed by atoms with E-state index in [0.717, 1.165) is 25.1 Å². The van der Waals surface area contributed by atoms with Crippen molar-refractivity contribution in [2.24, 2.45) is 5.41 Å². The van der Waals surface area contributed by atoms with Crippen LogP contribution in [0.4, 0.5) is 0 Å². The lowest BCUT2D eigenvalue weighted by atomic mass is 9.78. The van der Waals surface area contributed by atoms with Crippen LogP contribution in [0.2, 0.25) is 0 Å². The van der Waals surface area contributed by atoms with E-state index in [4.69, 9.17) is 4.74 Å². The molecule has 0 fully saturated rings. The third kappa shape index (κ3) is 3.74. The van der Waals surface area contributed by atoms with Crippen molar-refractivity contribution in [3.8, 4) is 5.75 Å². The van der Waals surface area contributed by atoms with E-state index in [9.17, 15) is 0 Å². The zero-order valence-corrected chi connectivity index (χ0v) is 12.4. The van der Waals surface area contributed by atoms with Crippen LogP contribution in [0, 0.1) is 5.41 Å². The molecule has 0 aromatic heterocycles. The lowest BCUT2D eigenvalue weighted by Crippen LogP contribution is -2.34. The second-order valence-electron chi connectivity index (χ2n) is 5.50. The van der Waals surface area contributed by atoms with E-state index in [-0.39, 0.29) is 5.41 Å². The van der Waals surface area contributed by atoms with E-state index < -0.39 is 0 Å². The highest BCUT2D eigenvalue weighted by Crippen LogP contribution is 2.36. The fourth-order valence-electron chi connectivity index (χ4n) is 2.13. The fourth-order valence-corrected chi connectivity index (χ4v) is 2.13. The summed E-state index contributed by atoms with van der Waals surface area (Å²) in [6, 6.07) is 8.82. The summed E-state index contributed by atoms with van der Waals surface area (Å²) in [5.41, 5.74) is 1.60. The van der Waals surface area contributed by atoms with Gasteiger partial charge in [0.1, 0.15) is 5.75 Å². The molecule has 0 heterocycles. The van der Waals surface area contributed by atoms with Gasteiger partial charge in [-0.2, -0.15) is 0 Å². The Morgan fingerprint density at radius 3 is 2.22 bits per heavy atom. The van der Waals surface area contributed by atoms with Gasteiger partial charge in [-0.25, -0.2) is 0 Å². The molecular weight excluding hydrogens is 222 g/mol. The summed E-state index contributed by atoms with van der Waals surface area (Å²) in [7, 11) is 1.71. The van der Waals surface area contributed by atoms with Gasteiger partial charge in [0, 0.05) is 6.04 Å². The van der Waals surface area contributed by atoms with Gasteiger partial charge in [-0.1, -0.05) is 39.8 Å². The van der Waals surface area contributed by atoms with Crippen molar-refractivity contribution in [1.29, 1.82) is 0 Å². The zero-order valence-electron chi connectivity index (χ0n) is 12.4. The summed E-state index contributed by atoms with van der Waals surface area (Å²) >= 11 is 0. The van der Waals surface area contributed by atoms with Gasteiger partial charge in [0.2, 0.25) is 0 Å². The molecule has 0 amide bonds. The zero-order chi connectivity index (χ0) is 13.6. The molecule has 1 aromatic rings. The summed E-state index contributed by atoms with van der Waals surface area (Å²) in [5, 5.41) is 3.67. The third-order valence-electron chi connectivity index (χ3n) is 3.74. The average molecular weight is 249 g/mol. The average Bonchev–Trinajstić information content (AvgIpc) is 2.39. The Bertz CT molecular complexity index is 343. The molecule has 1 rings (SSSR count). The van der Waals surface area contributed by atoms with Crippen LogP contribution >= 0.6 is 0 Å². The lowest BCUT2D eigenvalue weighted by Gasteiger charge is -2.35. The molecule has 2 heteroatoms. The molecular formula is C16H27NO. The van der Waals surface area contributed by atoms with Crippen LogP contribution in [0.25, 0.3) is 0 Å². The minimum absolute atomic E-state index is 0.254. The van der Waals surface area contributed by atoms with E-state index in [2.05, 4.69) is 45.1 Å². The summed E-state index contributed by atoms with van der Waals surface area (Å²) in [6.07, 6.45) is 2.31. The van der Waals surface area contributed by atoms with E-state index >= 15 is 0 Å². The van der Waals surface area contributed by atoms with Crippen molar-refractivity contribution in [3.05, 3.63) is 29.8 Å². The van der Waals surface area contributed by atoms with Gasteiger partial charge >= 0.3 is 0 Å². The Kier molecular flexibility index (Phi) is 5.67. The van der Waals surface area contributed by atoms with Crippen LogP contribution in [0.15, 0.2) is 24.3 Å². The molecule has 0 radical (unpaired) electrons. The van der Waals surface area contributed by atoms with E-state index in [1.54, 1.807) is 7.11 Å². The van der Waals surface area contributed by atoms with Gasteiger partial charge in [-0.3, -0.25) is 0 Å². The Morgan fingerprint density at radius 1 is 1.17 bits per heavy atom. The van der Waals surface area contributed by atoms with E-state index in [1.807, 2.05) is 12.1 Å². The van der Waals surface area contributed by atoms with Crippen molar-refractivity contribution < 1.29 is 4.74 Å². The molecule has 0 saturated carbocycles. The van der Waals surface area contributed by atoms with Crippen LogP contribution in [-0.2, 0) is 0 Å². The molecule has 0 saturated heterocycles. The van der Waals surface area contributed by atoms with Crippen molar-refractivity contribution in [2.75, 3.05) is 13.7 Å². The van der Waals surface area contributed by atoms with Crippen molar-refractivity contribution in [1.82, 2.24) is 5.32 Å². The number of hydrogen-bond donors (Lipinski definition) is 1. The highest BCUT2D eigenvalue weighted by molar-refractivity contribution is 5.30. The van der Waals surface area contributed by atoms with Crippen molar-refractivity contribution in [3.63, 3.8) is 0 Å². The molecule has 2 nitrogen and oxygen atoms in total. The number of benzene rings is 1. The topological polar surface area (TPSA) is 21.3 Å². The molecule has 0 bridgehead atoms. The van der Waals surface area contributed by atoms with E-state index in [1.165, 1.54) is 5.56 Å². The highest BCUT2D eigenvalue weighted by atomic mass is 16.5. The summed E-state index contributed by atoms with van der Waals surface area (Å²) in [4.78, 5) is 0. The van der Waals surface area contributed by atoms with Crippen LogP contribution < -0.4 is 10.1 Å². The number of nitrogens with one attached hydrogen (secondary N) is 1. The normalized spacial score (nSPS) is 13.4. The van der Waals surface area contributed by atoms with Crippen molar-refractivity contribution in [2.45, 2.75) is 46.6 Å². The minimum Gasteiger partial charge on any atom is -0.497 e. The molecule has 1 aromatic carbocycles. The SMILES string of the molecule is CCCNC(c1ccc(OC)cc1)C(C)(C)CC. The van der Waals surface area contributed by atoms with Gasteiger partial charge in [0.15, 0.2) is 0 Å². The molecule has 18 heavy (non-hydrogen) atoms. The number of ether oxygens (including phenoxy) is 1. The fraction of sp³-hybridized carbons (Fsp3) is 0.625. The van der Waals surface area contributed by atoms with Gasteiger partial charge in [0.25, 0.3) is 0 Å². The first-order chi connectivity index (χ1) is 8.55. The predicted octanol–water partition coefficient (Wildman–Crippen LogP) is 4.17. The molecule has 1 atom stereocenters. The molecule has 1 N–H and O–H groups in total. The quantitative estimate of drug-likeness (QED) is 0.783. The third-order valence-corrected chi connectivity index (χ3v) is 3.74. The number of methoxy groups -OCH3 is 1. The molecule has 0 aliphatic heterocycles. The molecule has 102 valence electrons. The van der Waals surface area contributed by atoms with Crippen LogP contribution in [0.1, 0.15) is 52.1 Å². The Balaban J connectivity index is 2.93. The maximum absolute atomic E-state index is 5.22. The molecule has 1 unspecified atom stereocenters. The van der Waals surface area contributed by atoms with Gasteiger partial charge in [-0.15, -0.1) is 0 Å². The maximum atomic E-state index is 5.22. The standard InChI is InChI=1S/C16H27NO/c1-6-12-17-15(16(3,4)7-2)13-8-10-14(18-5)11-9-13/h8-11,15,17H,6-7,12H2,1-5H3. The highest BCUT2D eigenvalue weighted by Gasteiger charge is 2.28. The monoisotopic (exact) mass is 249 g/mol. The van der Waals surface area contributed by atoms with Crippen molar-refractivity contribution >= 4 is 0 Å². The first-order valence-electron chi connectivity index (χ1n) is 6.92. The van der Waals surface area contributed by atoms with Gasteiger partial charge in [0.05, 0.1) is 7.11 Å². The smallest absolute Gasteiger partial charge is 0.118 e. The Labute approximate surface area is 112 Å². The Hall–Kier alpha value is -1.02. The minimum atomic E-state index is 0.254. The maximum Gasteiger partial charge on any atom is 0.118 e. The summed E-state index contributed by atoms with van der Waals surface area (Å²) < 4.78 is 5.22. The lowest BCUT2D eigenvalue weighted by molar-refractivity contribution is 0.234. The predicted molar refractivity (Wildman–Crippen MR) is 78.1 cm³/mol. The van der Waals surface area contributed by atoms with E-state index in [0.29, 0.717) is 6.04 Å². The van der Waals surface area contributed by atoms with Crippen LogP contribution in [-0.4, -0.2) is 13.7 Å². The number of rotatable bonds is 7. The van der Waals surface area contributed by atoms with Gasteiger partial charge in [-0.05, 0) is 42.5 Å². The summed E-state index contributed by atoms with van der Waals surface area (Å²) in [5.74, 6) is 0.919. The number of hydrogen-bond acceptors (Lipinski definition) is 2. The van der Waals surface area contributed by atoms with Crippen LogP contribution in [0.3, 0.4) is 0 Å². The largest absolute Gasteiger partial charge is 0.497 e. The Morgan fingerprint density at radius 2 is 1.78 bits per heavy atom. The molecule has 0 aliphatic rings. The summed E-state index contributed by atoms with van der Waals surface area (Å²) in [6.45, 7) is 10.2. The second kappa shape index (κ2) is 6.79. The molecule has 0 aliphatic carbocycles.